The lowest BCUT2D eigenvalue weighted by Crippen LogP contribution is -2.10. The molecule has 0 aliphatic rings. The molecule has 0 fully saturated rings. The highest BCUT2D eigenvalue weighted by molar-refractivity contribution is 7.86. The molecule has 13 nitrogen and oxygen atoms in total. The van der Waals surface area contributed by atoms with Crippen molar-refractivity contribution in [1.29, 1.82) is 0 Å². The third-order valence-electron chi connectivity index (χ3n) is 3.02. The normalized spacial score (nSPS) is 12.1. The average Bonchev–Trinajstić information content (AvgIpc) is 2.85. The molecule has 0 atom stereocenters. The Labute approximate surface area is 152 Å². The summed E-state index contributed by atoms with van der Waals surface area (Å²) in [4.78, 5) is 9.85. The van der Waals surface area contributed by atoms with Gasteiger partial charge in [0.1, 0.15) is 4.90 Å². The van der Waals surface area contributed by atoms with E-state index in [0.29, 0.717) is 0 Å². The first-order chi connectivity index (χ1) is 12.4. The summed E-state index contributed by atoms with van der Waals surface area (Å²) >= 11 is 0. The van der Waals surface area contributed by atoms with Gasteiger partial charge in [0.15, 0.2) is 5.75 Å². The summed E-state index contributed by atoms with van der Waals surface area (Å²) in [6.45, 7) is -0.498. The summed E-state index contributed by atoms with van der Waals surface area (Å²) < 4.78 is 71.3. The van der Waals surface area contributed by atoms with Gasteiger partial charge in [-0.15, -0.1) is 5.10 Å². The zero-order valence-corrected chi connectivity index (χ0v) is 14.7. The van der Waals surface area contributed by atoms with Crippen molar-refractivity contribution in [1.82, 2.24) is 9.78 Å². The van der Waals surface area contributed by atoms with Gasteiger partial charge in [-0.2, -0.15) is 16.8 Å². The second kappa shape index (κ2) is 7.49. The summed E-state index contributed by atoms with van der Waals surface area (Å²) in [7, 11) is -9.46. The lowest BCUT2D eigenvalue weighted by atomic mass is 10.1. The molecule has 1 heterocycles. The lowest BCUT2D eigenvalue weighted by Gasteiger charge is -2.09. The second-order valence-corrected chi connectivity index (χ2v) is 7.39. The highest BCUT2D eigenvalue weighted by Gasteiger charge is 2.21. The molecular formula is C12H12N2O11S2. The molecule has 148 valence electrons. The van der Waals surface area contributed by atoms with Crippen molar-refractivity contribution < 1.29 is 49.9 Å². The van der Waals surface area contributed by atoms with Crippen LogP contribution in [0.5, 0.6) is 11.6 Å². The van der Waals surface area contributed by atoms with E-state index in [1.807, 2.05) is 0 Å². The van der Waals surface area contributed by atoms with E-state index in [2.05, 4.69) is 14.0 Å². The summed E-state index contributed by atoms with van der Waals surface area (Å²) in [6.07, 6.45) is -1.05. The van der Waals surface area contributed by atoms with E-state index < -0.39 is 49.8 Å². The molecule has 2 rings (SSSR count). The van der Waals surface area contributed by atoms with Crippen molar-refractivity contribution >= 4 is 26.7 Å². The van der Waals surface area contributed by atoms with Crippen LogP contribution in [0.25, 0.3) is 5.69 Å². The summed E-state index contributed by atoms with van der Waals surface area (Å²) in [6, 6.07) is 3.46. The molecule has 0 saturated heterocycles. The maximum absolute atomic E-state index is 11.6. The van der Waals surface area contributed by atoms with Crippen molar-refractivity contribution in [3.8, 4) is 17.3 Å². The molecule has 0 aliphatic carbocycles. The van der Waals surface area contributed by atoms with Crippen molar-refractivity contribution in [3.05, 3.63) is 30.0 Å². The van der Waals surface area contributed by atoms with E-state index >= 15 is 0 Å². The smallest absolute Gasteiger partial charge is 0.502 e. The van der Waals surface area contributed by atoms with Crippen molar-refractivity contribution in [2.75, 3.05) is 6.61 Å². The summed E-state index contributed by atoms with van der Waals surface area (Å²) in [5.41, 5.74) is -0.0408. The number of carboxylic acid groups (broad SMARTS) is 1. The molecule has 4 N–H and O–H groups in total. The number of benzene rings is 1. The molecule has 0 amide bonds. The Hall–Kier alpha value is -2.72. The highest BCUT2D eigenvalue weighted by Crippen LogP contribution is 2.28. The highest BCUT2D eigenvalue weighted by atomic mass is 32.3. The third kappa shape index (κ3) is 5.63. The number of nitrogens with zero attached hydrogens (tertiary/aromatic N) is 2. The molecule has 27 heavy (non-hydrogen) atoms. The molecule has 0 unspecified atom stereocenters. The number of carbonyl (C=O) groups is 1. The Morgan fingerprint density at radius 3 is 2.41 bits per heavy atom. The van der Waals surface area contributed by atoms with E-state index in [-0.39, 0.29) is 17.7 Å². The minimum atomic E-state index is -4.79. The monoisotopic (exact) mass is 424 g/mol. The standard InChI is InChI=1S/C12H12N2O11S2/c15-9-6-14(13-11(9)25-12(16)17)8-2-1-7(3-4-24-27(21,22)23)5-10(8)26(18,19)20/h1-2,5-6,15H,3-4H2,(H,16,17)(H,18,19,20)(H,21,22,23). The van der Waals surface area contributed by atoms with Gasteiger partial charge in [-0.05, 0) is 24.1 Å². The van der Waals surface area contributed by atoms with Crippen LogP contribution >= 0.6 is 0 Å². The van der Waals surface area contributed by atoms with Crippen LogP contribution < -0.4 is 4.74 Å². The molecule has 0 radical (unpaired) electrons. The molecule has 0 bridgehead atoms. The number of rotatable bonds is 7. The Bertz CT molecular complexity index is 1070. The van der Waals surface area contributed by atoms with Gasteiger partial charge in [0.2, 0.25) is 0 Å². The fourth-order valence-electron chi connectivity index (χ4n) is 2.00. The first-order valence-corrected chi connectivity index (χ1v) is 9.59. The predicted molar refractivity (Wildman–Crippen MR) is 84.9 cm³/mol. The fraction of sp³-hybridized carbons (Fsp3) is 0.167. The molecule has 15 heteroatoms. The fourth-order valence-corrected chi connectivity index (χ4v) is 3.02. The van der Waals surface area contributed by atoms with Crippen LogP contribution in [0.3, 0.4) is 0 Å². The van der Waals surface area contributed by atoms with Gasteiger partial charge < -0.3 is 14.9 Å². The van der Waals surface area contributed by atoms with Gasteiger partial charge in [0, 0.05) is 0 Å². The average molecular weight is 424 g/mol. The SMILES string of the molecule is O=C(O)Oc1nn(-c2ccc(CCOS(=O)(=O)O)cc2S(=O)(=O)O)cc1O. The van der Waals surface area contributed by atoms with Gasteiger partial charge in [-0.1, -0.05) is 6.07 Å². The molecule has 1 aromatic heterocycles. The maximum Gasteiger partial charge on any atom is 0.512 e. The van der Waals surface area contributed by atoms with Crippen LogP contribution in [0.4, 0.5) is 4.79 Å². The minimum absolute atomic E-state index is 0.139. The van der Waals surface area contributed by atoms with Gasteiger partial charge in [-0.25, -0.2) is 13.7 Å². The Balaban J connectivity index is 2.41. The largest absolute Gasteiger partial charge is 0.512 e. The molecule has 0 saturated carbocycles. The van der Waals surface area contributed by atoms with E-state index in [4.69, 9.17) is 9.66 Å². The molecule has 1 aromatic carbocycles. The maximum atomic E-state index is 11.6. The number of hydrogen-bond acceptors (Lipinski definition) is 9. The van der Waals surface area contributed by atoms with Gasteiger partial charge in [0.25, 0.3) is 16.0 Å². The van der Waals surface area contributed by atoms with Crippen LogP contribution in [0, 0.1) is 0 Å². The quantitative estimate of drug-likeness (QED) is 0.349. The third-order valence-corrected chi connectivity index (χ3v) is 4.37. The van der Waals surface area contributed by atoms with Crippen molar-refractivity contribution in [2.45, 2.75) is 11.3 Å². The Kier molecular flexibility index (Phi) is 5.71. The summed E-state index contributed by atoms with van der Waals surface area (Å²) in [5, 5.41) is 21.7. The predicted octanol–water partition coefficient (Wildman–Crippen LogP) is 0.243. The second-order valence-electron chi connectivity index (χ2n) is 4.91. The number of ether oxygens (including phenoxy) is 1. The lowest BCUT2D eigenvalue weighted by molar-refractivity contribution is 0.140. The van der Waals surface area contributed by atoms with Crippen LogP contribution in [0.15, 0.2) is 29.3 Å². The van der Waals surface area contributed by atoms with Crippen LogP contribution in [-0.4, -0.2) is 58.7 Å². The van der Waals surface area contributed by atoms with Gasteiger partial charge >= 0.3 is 16.6 Å². The van der Waals surface area contributed by atoms with Crippen LogP contribution in [0.1, 0.15) is 5.56 Å². The molecule has 0 aliphatic heterocycles. The molecule has 0 spiro atoms. The van der Waals surface area contributed by atoms with Crippen LogP contribution in [-0.2, 0) is 31.1 Å². The van der Waals surface area contributed by atoms with E-state index in [1.165, 1.54) is 6.07 Å². The van der Waals surface area contributed by atoms with Crippen LogP contribution in [0.2, 0.25) is 0 Å². The number of hydrogen-bond donors (Lipinski definition) is 4. The number of aromatic nitrogens is 2. The van der Waals surface area contributed by atoms with E-state index in [9.17, 15) is 31.3 Å². The zero-order valence-electron chi connectivity index (χ0n) is 13.1. The summed E-state index contributed by atoms with van der Waals surface area (Å²) in [5.74, 6) is -1.42. The topological polar surface area (TPSA) is 203 Å². The Morgan fingerprint density at radius 1 is 1.19 bits per heavy atom. The Morgan fingerprint density at radius 2 is 1.85 bits per heavy atom. The molecule has 2 aromatic rings. The number of aromatic hydroxyl groups is 1. The van der Waals surface area contributed by atoms with Gasteiger partial charge in [0.05, 0.1) is 18.5 Å². The zero-order chi connectivity index (χ0) is 20.4. The van der Waals surface area contributed by atoms with E-state index in [1.54, 1.807) is 0 Å². The first-order valence-electron chi connectivity index (χ1n) is 6.79. The first kappa shape index (κ1) is 20.6. The van der Waals surface area contributed by atoms with E-state index in [0.717, 1.165) is 23.0 Å². The van der Waals surface area contributed by atoms with Gasteiger partial charge in [-0.3, -0.25) is 9.11 Å². The van der Waals surface area contributed by atoms with Crippen molar-refractivity contribution in [2.24, 2.45) is 0 Å². The molecular weight excluding hydrogens is 412 g/mol. The minimum Gasteiger partial charge on any atom is -0.502 e. The van der Waals surface area contributed by atoms with Crippen molar-refractivity contribution in [3.63, 3.8) is 0 Å².